The fourth-order valence-electron chi connectivity index (χ4n) is 1.35. The summed E-state index contributed by atoms with van der Waals surface area (Å²) in [7, 11) is 7.17. The predicted molar refractivity (Wildman–Crippen MR) is 100 cm³/mol. The van der Waals surface area contributed by atoms with Crippen LogP contribution in [0, 0.1) is 13.8 Å². The molecule has 0 radical (unpaired) electrons. The normalized spacial score (nSPS) is 8.40. The molecule has 0 aliphatic carbocycles. The van der Waals surface area contributed by atoms with Crippen molar-refractivity contribution in [3.63, 3.8) is 0 Å². The van der Waals surface area contributed by atoms with Crippen LogP contribution in [0.3, 0.4) is 0 Å². The van der Waals surface area contributed by atoms with Crippen molar-refractivity contribution in [3.05, 3.63) is 34.9 Å². The van der Waals surface area contributed by atoms with Gasteiger partial charge in [0, 0.05) is 19.7 Å². The Morgan fingerprint density at radius 1 is 1.00 bits per heavy atom. The van der Waals surface area contributed by atoms with Gasteiger partial charge in [-0.05, 0) is 33.5 Å². The van der Waals surface area contributed by atoms with E-state index < -0.39 is 5.97 Å². The van der Waals surface area contributed by atoms with Gasteiger partial charge in [-0.15, -0.1) is 0 Å². The molecule has 2 rings (SSSR count). The van der Waals surface area contributed by atoms with Gasteiger partial charge in [0.15, 0.2) is 0 Å². The van der Waals surface area contributed by atoms with E-state index in [1.165, 1.54) is 11.1 Å². The fraction of sp³-hybridized carbons (Fsp3) is 0.500. The molecule has 4 N–H and O–H groups in total. The Morgan fingerprint density at radius 2 is 1.36 bits per heavy atom. The molecular formula is C16H32N6O3. The molecule has 0 aliphatic heterocycles. The lowest BCUT2D eigenvalue weighted by molar-refractivity contribution is 0.0689. The molecule has 2 aromatic rings. The number of hydrogen-bond acceptors (Lipinski definition) is 5. The van der Waals surface area contributed by atoms with E-state index in [2.05, 4.69) is 25.7 Å². The van der Waals surface area contributed by atoms with Gasteiger partial charge in [0.1, 0.15) is 11.4 Å². The van der Waals surface area contributed by atoms with Gasteiger partial charge < -0.3 is 15.3 Å². The van der Waals surface area contributed by atoms with Crippen LogP contribution >= 0.6 is 0 Å². The first kappa shape index (κ1) is 27.2. The summed E-state index contributed by atoms with van der Waals surface area (Å²) in [6.07, 6.45) is 3.11. The topological polar surface area (TPSA) is 127 Å². The number of carbonyl (C=O) groups is 2. The third kappa shape index (κ3) is 9.26. The van der Waals surface area contributed by atoms with Crippen molar-refractivity contribution < 1.29 is 14.7 Å². The first-order chi connectivity index (χ1) is 10.8. The number of aryl methyl sites for hydroxylation is 2. The zero-order chi connectivity index (χ0) is 18.0. The van der Waals surface area contributed by atoms with E-state index in [-0.39, 0.29) is 26.5 Å². The molecule has 1 amide bonds. The molecule has 144 valence electrons. The van der Waals surface area contributed by atoms with Gasteiger partial charge >= 0.3 is 5.97 Å². The summed E-state index contributed by atoms with van der Waals surface area (Å²) in [6.45, 7) is 3.53. The molecule has 0 fully saturated rings. The molecular weight excluding hydrogens is 324 g/mol. The first-order valence-corrected chi connectivity index (χ1v) is 6.79. The number of aromatic carboxylic acids is 1. The largest absolute Gasteiger partial charge is 0.477 e. The molecule has 9 heteroatoms. The Kier molecular flexibility index (Phi) is 14.9. The quantitative estimate of drug-likeness (QED) is 0.651. The van der Waals surface area contributed by atoms with Crippen LogP contribution < -0.4 is 5.32 Å². The number of H-pyrrole nitrogens is 2. The number of nitrogens with one attached hydrogen (secondary N) is 3. The van der Waals surface area contributed by atoms with Crippen LogP contribution in [0.4, 0.5) is 0 Å². The van der Waals surface area contributed by atoms with Crippen molar-refractivity contribution in [2.45, 2.75) is 28.7 Å². The number of carboxylic acid groups (broad SMARTS) is 1. The molecule has 2 aromatic heterocycles. The average Bonchev–Trinajstić information content (AvgIpc) is 3.08. The maximum atomic E-state index is 11.3. The van der Waals surface area contributed by atoms with E-state index in [4.69, 9.17) is 5.11 Å². The average molecular weight is 356 g/mol. The minimum absolute atomic E-state index is 0. The number of amides is 1. The van der Waals surface area contributed by atoms with Crippen molar-refractivity contribution in [1.29, 1.82) is 0 Å². The molecule has 9 nitrogen and oxygen atoms in total. The summed E-state index contributed by atoms with van der Waals surface area (Å²) in [5, 5.41) is 23.4. The second-order valence-electron chi connectivity index (χ2n) is 4.86. The van der Waals surface area contributed by atoms with E-state index in [1.807, 2.05) is 21.0 Å². The zero-order valence-electron chi connectivity index (χ0n) is 14.3. The number of aromatic nitrogens is 4. The molecule has 2 heterocycles. The zero-order valence-corrected chi connectivity index (χ0v) is 14.3. The standard InChI is InChI=1S/C7H11N3O.C5H6N2O2.C2H7N.2CH4/c1-5-4-8-9-6(5)7(11)10(2)3;1-3-2-6-7-4(3)5(8)9;1-3-2;;/h4H,1-3H3,(H,8,9);2H,1H3,(H,6,7)(H,8,9);3H,1-2H3;2*1H4. The van der Waals surface area contributed by atoms with Gasteiger partial charge in [-0.25, -0.2) is 4.79 Å². The second-order valence-corrected chi connectivity index (χ2v) is 4.86. The van der Waals surface area contributed by atoms with E-state index in [9.17, 15) is 9.59 Å². The molecule has 0 spiro atoms. The van der Waals surface area contributed by atoms with E-state index >= 15 is 0 Å². The molecule has 25 heavy (non-hydrogen) atoms. The van der Waals surface area contributed by atoms with Gasteiger partial charge in [0.05, 0.1) is 12.4 Å². The molecule has 0 saturated carbocycles. The number of carboxylic acids is 1. The summed E-state index contributed by atoms with van der Waals surface area (Å²) in [6, 6.07) is 0. The van der Waals surface area contributed by atoms with Crippen LogP contribution in [0.15, 0.2) is 12.4 Å². The third-order valence-electron chi connectivity index (χ3n) is 2.49. The van der Waals surface area contributed by atoms with Crippen molar-refractivity contribution >= 4 is 11.9 Å². The summed E-state index contributed by atoms with van der Waals surface area (Å²) >= 11 is 0. The smallest absolute Gasteiger partial charge is 0.354 e. The van der Waals surface area contributed by atoms with E-state index in [1.54, 1.807) is 27.2 Å². The van der Waals surface area contributed by atoms with Gasteiger partial charge in [-0.3, -0.25) is 15.0 Å². The number of rotatable bonds is 2. The van der Waals surface area contributed by atoms with Gasteiger partial charge in [0.25, 0.3) is 5.91 Å². The summed E-state index contributed by atoms with van der Waals surface area (Å²) in [5.41, 5.74) is 2.26. The van der Waals surface area contributed by atoms with Crippen LogP contribution in [0.25, 0.3) is 0 Å². The Morgan fingerprint density at radius 3 is 1.56 bits per heavy atom. The van der Waals surface area contributed by atoms with Crippen LogP contribution in [0.1, 0.15) is 47.0 Å². The SMILES string of the molecule is C.C.CNC.Cc1cn[nH]c1C(=O)N(C)C.Cc1cn[nH]c1C(=O)O. The lowest BCUT2D eigenvalue weighted by atomic mass is 10.2. The van der Waals surface area contributed by atoms with Crippen LogP contribution in [0.5, 0.6) is 0 Å². The predicted octanol–water partition coefficient (Wildman–Crippen LogP) is 1.94. The summed E-state index contributed by atoms with van der Waals surface area (Å²) in [4.78, 5) is 23.0. The maximum Gasteiger partial charge on any atom is 0.354 e. The second kappa shape index (κ2) is 13.7. The summed E-state index contributed by atoms with van der Waals surface area (Å²) < 4.78 is 0. The van der Waals surface area contributed by atoms with Crippen LogP contribution in [0.2, 0.25) is 0 Å². The molecule has 0 atom stereocenters. The highest BCUT2D eigenvalue weighted by molar-refractivity contribution is 5.93. The maximum absolute atomic E-state index is 11.3. The Labute approximate surface area is 149 Å². The summed E-state index contributed by atoms with van der Waals surface area (Å²) in [5.74, 6) is -1.01. The Hall–Kier alpha value is -2.68. The van der Waals surface area contributed by atoms with Crippen LogP contribution in [-0.4, -0.2) is 70.5 Å². The highest BCUT2D eigenvalue weighted by Crippen LogP contribution is 2.03. The molecule has 0 aromatic carbocycles. The molecule has 0 aliphatic rings. The fourth-order valence-corrected chi connectivity index (χ4v) is 1.35. The minimum atomic E-state index is -0.968. The van der Waals surface area contributed by atoms with Crippen molar-refractivity contribution in [1.82, 2.24) is 30.6 Å². The van der Waals surface area contributed by atoms with Crippen molar-refractivity contribution in [3.8, 4) is 0 Å². The lowest BCUT2D eigenvalue weighted by Crippen LogP contribution is -2.22. The van der Waals surface area contributed by atoms with E-state index in [0.29, 0.717) is 11.3 Å². The lowest BCUT2D eigenvalue weighted by Gasteiger charge is -2.08. The van der Waals surface area contributed by atoms with E-state index in [0.717, 1.165) is 5.56 Å². The number of aromatic amines is 2. The highest BCUT2D eigenvalue weighted by Gasteiger charge is 2.11. The van der Waals surface area contributed by atoms with Crippen molar-refractivity contribution in [2.75, 3.05) is 28.2 Å². The van der Waals surface area contributed by atoms with Gasteiger partial charge in [-0.2, -0.15) is 10.2 Å². The Bertz CT molecular complexity index is 619. The van der Waals surface area contributed by atoms with Crippen LogP contribution in [-0.2, 0) is 0 Å². The molecule has 0 bridgehead atoms. The van der Waals surface area contributed by atoms with Crippen molar-refractivity contribution in [2.24, 2.45) is 0 Å². The Balaban J connectivity index is -0.000000317. The monoisotopic (exact) mass is 356 g/mol. The molecule has 0 saturated heterocycles. The highest BCUT2D eigenvalue weighted by atomic mass is 16.4. The third-order valence-corrected chi connectivity index (χ3v) is 2.49. The number of hydrogen-bond donors (Lipinski definition) is 4. The minimum Gasteiger partial charge on any atom is -0.477 e. The number of carbonyl (C=O) groups excluding carboxylic acids is 1. The molecule has 0 unspecified atom stereocenters. The van der Waals surface area contributed by atoms with Gasteiger partial charge in [0.2, 0.25) is 0 Å². The van der Waals surface area contributed by atoms with Gasteiger partial charge in [-0.1, -0.05) is 14.9 Å². The number of nitrogens with zero attached hydrogens (tertiary/aromatic N) is 3. The first-order valence-electron chi connectivity index (χ1n) is 6.79.